The van der Waals surface area contributed by atoms with E-state index in [4.69, 9.17) is 20.5 Å². The first-order valence-corrected chi connectivity index (χ1v) is 8.83. The maximum Gasteiger partial charge on any atom is 0.177 e. The Kier molecular flexibility index (Phi) is 3.68. The van der Waals surface area contributed by atoms with Crippen LogP contribution >= 0.6 is 0 Å². The van der Waals surface area contributed by atoms with Crippen LogP contribution in [0.2, 0.25) is 0 Å². The van der Waals surface area contributed by atoms with Gasteiger partial charge in [-0.15, -0.1) is 0 Å². The van der Waals surface area contributed by atoms with Crippen molar-refractivity contribution in [1.82, 2.24) is 24.5 Å². The average molecular weight is 371 g/mol. The molecule has 28 heavy (non-hydrogen) atoms. The molecule has 0 unspecified atom stereocenters. The van der Waals surface area contributed by atoms with Crippen molar-refractivity contribution in [3.05, 3.63) is 77.9 Å². The maximum atomic E-state index is 7.59. The second-order valence-corrected chi connectivity index (χ2v) is 6.55. The number of nitrogen functional groups attached to an aromatic ring is 1. The molecule has 0 aliphatic carbocycles. The Morgan fingerprint density at radius 3 is 2.93 bits per heavy atom. The van der Waals surface area contributed by atoms with E-state index in [-0.39, 0.29) is 5.84 Å². The van der Waals surface area contributed by atoms with Crippen LogP contribution in [0.4, 0.5) is 0 Å². The molecule has 0 saturated carbocycles. The molecule has 5 aromatic rings. The molecule has 0 aliphatic heterocycles. The van der Waals surface area contributed by atoms with E-state index in [1.54, 1.807) is 12.5 Å². The third-order valence-corrected chi connectivity index (χ3v) is 4.67. The molecule has 1 aromatic carbocycles. The highest BCUT2D eigenvalue weighted by Crippen LogP contribution is 2.20. The van der Waals surface area contributed by atoms with Crippen molar-refractivity contribution in [3.63, 3.8) is 0 Å². The third-order valence-electron chi connectivity index (χ3n) is 4.67. The van der Waals surface area contributed by atoms with E-state index < -0.39 is 0 Å². The average Bonchev–Trinajstić information content (AvgIpc) is 3.41. The fourth-order valence-electron chi connectivity index (χ4n) is 3.34. The fourth-order valence-corrected chi connectivity index (χ4v) is 3.34. The van der Waals surface area contributed by atoms with E-state index in [2.05, 4.69) is 19.5 Å². The zero-order chi connectivity index (χ0) is 19.1. The number of nitrogens with zero attached hydrogens (tertiary/aromatic N) is 4. The van der Waals surface area contributed by atoms with Gasteiger partial charge < -0.3 is 19.7 Å². The number of aromatic amines is 1. The number of nitrogens with two attached hydrogens (primary N) is 1. The summed E-state index contributed by atoms with van der Waals surface area (Å²) in [5.74, 6) is 2.50. The largest absolute Gasteiger partial charge is 0.467 e. The van der Waals surface area contributed by atoms with Crippen molar-refractivity contribution in [2.45, 2.75) is 13.0 Å². The molecule has 5 rings (SSSR count). The summed E-state index contributed by atoms with van der Waals surface area (Å²) in [4.78, 5) is 17.1. The number of nitrogens with one attached hydrogen (secondary N) is 2. The number of imidazole rings is 2. The summed E-state index contributed by atoms with van der Waals surface area (Å²) in [7, 11) is 0. The Morgan fingerprint density at radius 2 is 2.11 bits per heavy atom. The minimum atomic E-state index is 0.0257. The number of rotatable bonds is 5. The summed E-state index contributed by atoms with van der Waals surface area (Å²) in [6, 6.07) is 13.2. The van der Waals surface area contributed by atoms with Crippen molar-refractivity contribution in [3.8, 4) is 0 Å². The number of benzene rings is 1. The molecule has 0 spiro atoms. The smallest absolute Gasteiger partial charge is 0.177 e. The summed E-state index contributed by atoms with van der Waals surface area (Å²) >= 11 is 0. The summed E-state index contributed by atoms with van der Waals surface area (Å²) in [5, 5.41) is 7.59. The van der Waals surface area contributed by atoms with E-state index in [0.717, 1.165) is 34.0 Å². The van der Waals surface area contributed by atoms with Gasteiger partial charge in [-0.2, -0.15) is 0 Å². The van der Waals surface area contributed by atoms with Gasteiger partial charge in [-0.25, -0.2) is 15.0 Å². The van der Waals surface area contributed by atoms with Crippen LogP contribution in [0.5, 0.6) is 0 Å². The van der Waals surface area contributed by atoms with Crippen LogP contribution in [0.25, 0.3) is 22.2 Å². The molecular weight excluding hydrogens is 354 g/mol. The Labute approximate surface area is 159 Å². The van der Waals surface area contributed by atoms with E-state index in [1.165, 1.54) is 0 Å². The van der Waals surface area contributed by atoms with Gasteiger partial charge in [-0.1, -0.05) is 0 Å². The molecular formula is C20H17N7O. The summed E-state index contributed by atoms with van der Waals surface area (Å²) in [5.41, 5.74) is 9.54. The second-order valence-electron chi connectivity index (χ2n) is 6.55. The quantitative estimate of drug-likeness (QED) is 0.324. The standard InChI is InChI=1S/C20H17N7O/c21-19(22)12-5-6-14-15(9-12)25-17(24-14)10-18-26-20-16(4-1-7-23-20)27(18)11-13-3-2-8-28-13/h1-9H,10-11H2,(H3,21,22)(H,24,25). The van der Waals surface area contributed by atoms with Crippen LogP contribution in [0, 0.1) is 5.41 Å². The predicted octanol–water partition coefficient (Wildman–Crippen LogP) is 2.82. The van der Waals surface area contributed by atoms with Crippen molar-refractivity contribution < 1.29 is 4.42 Å². The predicted molar refractivity (Wildman–Crippen MR) is 105 cm³/mol. The second kappa shape index (κ2) is 6.34. The molecule has 0 saturated heterocycles. The fraction of sp³-hybridized carbons (Fsp3) is 0.100. The van der Waals surface area contributed by atoms with Crippen LogP contribution in [-0.4, -0.2) is 30.3 Å². The van der Waals surface area contributed by atoms with Gasteiger partial charge in [0.2, 0.25) is 0 Å². The lowest BCUT2D eigenvalue weighted by molar-refractivity contribution is 0.492. The van der Waals surface area contributed by atoms with Crippen LogP contribution in [0.3, 0.4) is 0 Å². The van der Waals surface area contributed by atoms with Gasteiger partial charge in [-0.05, 0) is 42.5 Å². The number of H-pyrrole nitrogens is 1. The number of hydrogen-bond acceptors (Lipinski definition) is 5. The highest BCUT2D eigenvalue weighted by molar-refractivity contribution is 5.97. The zero-order valence-corrected chi connectivity index (χ0v) is 14.9. The van der Waals surface area contributed by atoms with Gasteiger partial charge in [-0.3, -0.25) is 5.41 Å². The zero-order valence-electron chi connectivity index (χ0n) is 14.9. The minimum absolute atomic E-state index is 0.0257. The number of aromatic nitrogens is 5. The van der Waals surface area contributed by atoms with Gasteiger partial charge in [0.05, 0.1) is 35.8 Å². The molecule has 4 heterocycles. The lowest BCUT2D eigenvalue weighted by Crippen LogP contribution is -2.10. The summed E-state index contributed by atoms with van der Waals surface area (Å²) in [6.07, 6.45) is 3.92. The Balaban J connectivity index is 1.55. The lowest BCUT2D eigenvalue weighted by Gasteiger charge is -2.06. The van der Waals surface area contributed by atoms with Gasteiger partial charge in [0.15, 0.2) is 5.65 Å². The molecule has 8 nitrogen and oxygen atoms in total. The summed E-state index contributed by atoms with van der Waals surface area (Å²) < 4.78 is 7.61. The normalized spacial score (nSPS) is 11.4. The van der Waals surface area contributed by atoms with Gasteiger partial charge in [0.25, 0.3) is 0 Å². The van der Waals surface area contributed by atoms with Crippen molar-refractivity contribution in [2.75, 3.05) is 0 Å². The first-order chi connectivity index (χ1) is 13.7. The minimum Gasteiger partial charge on any atom is -0.467 e. The topological polar surface area (TPSA) is 122 Å². The molecule has 0 aliphatic rings. The lowest BCUT2D eigenvalue weighted by atomic mass is 10.2. The number of pyridine rings is 1. The highest BCUT2D eigenvalue weighted by Gasteiger charge is 2.15. The van der Waals surface area contributed by atoms with Crippen LogP contribution < -0.4 is 5.73 Å². The van der Waals surface area contributed by atoms with E-state index >= 15 is 0 Å². The summed E-state index contributed by atoms with van der Waals surface area (Å²) in [6.45, 7) is 0.569. The maximum absolute atomic E-state index is 7.59. The van der Waals surface area contributed by atoms with Crippen LogP contribution in [0.1, 0.15) is 23.0 Å². The highest BCUT2D eigenvalue weighted by atomic mass is 16.3. The Hall–Kier alpha value is -3.94. The van der Waals surface area contributed by atoms with Gasteiger partial charge in [0.1, 0.15) is 23.2 Å². The molecule has 0 amide bonds. The van der Waals surface area contributed by atoms with Crippen molar-refractivity contribution >= 4 is 28.0 Å². The van der Waals surface area contributed by atoms with Gasteiger partial charge in [0, 0.05) is 11.8 Å². The molecule has 4 N–H and O–H groups in total. The Morgan fingerprint density at radius 1 is 1.18 bits per heavy atom. The molecule has 0 bridgehead atoms. The molecule has 138 valence electrons. The van der Waals surface area contributed by atoms with E-state index in [0.29, 0.717) is 24.2 Å². The number of hydrogen-bond donors (Lipinski definition) is 3. The molecule has 0 atom stereocenters. The van der Waals surface area contributed by atoms with Gasteiger partial charge >= 0.3 is 0 Å². The number of fused-ring (bicyclic) bond motifs is 2. The SMILES string of the molecule is N=C(N)c1ccc2[nH]c(Cc3nc4ncccc4n3Cc3ccco3)nc2c1. The van der Waals surface area contributed by atoms with Crippen molar-refractivity contribution in [2.24, 2.45) is 5.73 Å². The van der Waals surface area contributed by atoms with Crippen LogP contribution in [0.15, 0.2) is 59.3 Å². The van der Waals surface area contributed by atoms with E-state index in [9.17, 15) is 0 Å². The monoisotopic (exact) mass is 371 g/mol. The van der Waals surface area contributed by atoms with Crippen LogP contribution in [-0.2, 0) is 13.0 Å². The number of furan rings is 1. The third kappa shape index (κ3) is 2.81. The first kappa shape index (κ1) is 16.2. The molecule has 0 radical (unpaired) electrons. The van der Waals surface area contributed by atoms with Crippen molar-refractivity contribution in [1.29, 1.82) is 5.41 Å². The molecule has 8 heteroatoms. The Bertz CT molecular complexity index is 1300. The molecule has 4 aromatic heterocycles. The molecule has 0 fully saturated rings. The number of amidine groups is 1. The first-order valence-electron chi connectivity index (χ1n) is 8.83. The van der Waals surface area contributed by atoms with E-state index in [1.807, 2.05) is 42.5 Å².